The number of imide groups is 1. The van der Waals surface area contributed by atoms with Crippen molar-refractivity contribution in [3.63, 3.8) is 0 Å². The summed E-state index contributed by atoms with van der Waals surface area (Å²) < 4.78 is 0. The Balaban J connectivity index is 2.76. The van der Waals surface area contributed by atoms with Crippen molar-refractivity contribution < 1.29 is 9.59 Å². The molecule has 0 fully saturated rings. The Morgan fingerprint density at radius 1 is 0.524 bits per heavy atom. The molecule has 1 heterocycles. The highest BCUT2D eigenvalue weighted by Gasteiger charge is 2.31. The number of amides is 2. The van der Waals surface area contributed by atoms with Crippen molar-refractivity contribution in [3.8, 4) is 0 Å². The molecule has 21 heavy (non-hydrogen) atoms. The third-order valence-corrected chi connectivity index (χ3v) is 5.18. The fourth-order valence-corrected chi connectivity index (χ4v) is 3.51. The summed E-state index contributed by atoms with van der Waals surface area (Å²) in [6, 6.07) is 0. The van der Waals surface area contributed by atoms with Crippen molar-refractivity contribution in [2.45, 2.75) is 41.5 Å². The lowest BCUT2D eigenvalue weighted by Gasteiger charge is -2.26. The van der Waals surface area contributed by atoms with Crippen molar-refractivity contribution in [3.05, 3.63) is 44.5 Å². The second-order valence-corrected chi connectivity index (χ2v) is 6.03. The van der Waals surface area contributed by atoms with Gasteiger partial charge >= 0.3 is 0 Å². The molecule has 0 spiro atoms. The molecule has 0 aromatic heterocycles. The second kappa shape index (κ2) is 4.17. The fourth-order valence-electron chi connectivity index (χ4n) is 3.51. The lowest BCUT2D eigenvalue weighted by atomic mass is 9.81. The van der Waals surface area contributed by atoms with Gasteiger partial charge in [0, 0.05) is 5.39 Å². The van der Waals surface area contributed by atoms with Crippen LogP contribution in [-0.2, 0) is 0 Å². The molecule has 2 amide bonds. The van der Waals surface area contributed by atoms with Crippen LogP contribution in [0.4, 0.5) is 0 Å². The third-order valence-electron chi connectivity index (χ3n) is 5.18. The highest BCUT2D eigenvalue weighted by atomic mass is 16.2. The van der Waals surface area contributed by atoms with E-state index >= 15 is 0 Å². The van der Waals surface area contributed by atoms with Crippen LogP contribution in [0.1, 0.15) is 54.1 Å². The highest BCUT2D eigenvalue weighted by Crippen LogP contribution is 2.39. The maximum Gasteiger partial charge on any atom is 0.259 e. The Bertz CT molecular complexity index is 793. The zero-order valence-electron chi connectivity index (χ0n) is 13.3. The van der Waals surface area contributed by atoms with Gasteiger partial charge in [0.2, 0.25) is 0 Å². The largest absolute Gasteiger partial charge is 0.288 e. The smallest absolute Gasteiger partial charge is 0.259 e. The predicted octanol–water partition coefficient (Wildman–Crippen LogP) is 3.57. The molecule has 3 heteroatoms. The molecule has 0 atom stereocenters. The third kappa shape index (κ3) is 1.54. The first-order chi connectivity index (χ1) is 9.77. The second-order valence-electron chi connectivity index (χ2n) is 6.03. The van der Waals surface area contributed by atoms with Gasteiger partial charge in [-0.1, -0.05) is 0 Å². The maximum absolute atomic E-state index is 12.3. The molecule has 1 N–H and O–H groups in total. The summed E-state index contributed by atoms with van der Waals surface area (Å²) >= 11 is 0. The topological polar surface area (TPSA) is 46.2 Å². The Labute approximate surface area is 124 Å². The molecular formula is C18H19NO2. The molecule has 1 aliphatic rings. The van der Waals surface area contributed by atoms with Gasteiger partial charge in [-0.3, -0.25) is 14.9 Å². The summed E-state index contributed by atoms with van der Waals surface area (Å²) in [4.78, 5) is 24.7. The van der Waals surface area contributed by atoms with E-state index in [1.165, 1.54) is 0 Å². The Morgan fingerprint density at radius 3 is 1.29 bits per heavy atom. The summed E-state index contributed by atoms with van der Waals surface area (Å²) in [6.07, 6.45) is 0. The highest BCUT2D eigenvalue weighted by molar-refractivity contribution is 6.27. The summed E-state index contributed by atoms with van der Waals surface area (Å²) in [7, 11) is 0. The van der Waals surface area contributed by atoms with Crippen molar-refractivity contribution >= 4 is 22.6 Å². The number of nitrogens with one attached hydrogen (secondary N) is 1. The number of rotatable bonds is 0. The first-order valence-corrected chi connectivity index (χ1v) is 7.16. The van der Waals surface area contributed by atoms with Crippen LogP contribution in [0.5, 0.6) is 0 Å². The number of carbonyl (C=O) groups excluding carboxylic acids is 2. The molecule has 0 bridgehead atoms. The first kappa shape index (κ1) is 13.8. The predicted molar refractivity (Wildman–Crippen MR) is 84.2 cm³/mol. The van der Waals surface area contributed by atoms with E-state index in [0.29, 0.717) is 11.1 Å². The van der Waals surface area contributed by atoms with Crippen LogP contribution in [0.15, 0.2) is 0 Å². The standard InChI is InChI=1S/C18H19NO2/c1-7-9(3)13-10(4)8(2)12(6)15-16(13)14(11(7)5)17(20)19-18(15)21/h1-6H3,(H,19,20,21). The van der Waals surface area contributed by atoms with E-state index in [9.17, 15) is 9.59 Å². The lowest BCUT2D eigenvalue weighted by molar-refractivity contribution is 0.0844. The lowest BCUT2D eigenvalue weighted by Crippen LogP contribution is -2.36. The van der Waals surface area contributed by atoms with Gasteiger partial charge in [-0.15, -0.1) is 0 Å². The molecule has 1 aliphatic heterocycles. The number of hydrogen-bond donors (Lipinski definition) is 1. The van der Waals surface area contributed by atoms with Gasteiger partial charge < -0.3 is 0 Å². The van der Waals surface area contributed by atoms with Gasteiger partial charge in [-0.05, 0) is 80.3 Å². The zero-order valence-corrected chi connectivity index (χ0v) is 13.3. The van der Waals surface area contributed by atoms with Gasteiger partial charge in [0.1, 0.15) is 0 Å². The van der Waals surface area contributed by atoms with Crippen LogP contribution in [-0.4, -0.2) is 11.8 Å². The van der Waals surface area contributed by atoms with Gasteiger partial charge in [-0.25, -0.2) is 0 Å². The van der Waals surface area contributed by atoms with Crippen molar-refractivity contribution in [1.82, 2.24) is 5.32 Å². The molecule has 0 unspecified atom stereocenters. The fraction of sp³-hybridized carbons (Fsp3) is 0.333. The number of aryl methyl sites for hydroxylation is 2. The summed E-state index contributed by atoms with van der Waals surface area (Å²) in [5, 5.41) is 4.39. The monoisotopic (exact) mass is 281 g/mol. The Kier molecular flexibility index (Phi) is 2.74. The van der Waals surface area contributed by atoms with Crippen LogP contribution in [0, 0.1) is 41.5 Å². The van der Waals surface area contributed by atoms with E-state index in [-0.39, 0.29) is 11.8 Å². The van der Waals surface area contributed by atoms with Crippen molar-refractivity contribution in [2.75, 3.05) is 0 Å². The normalized spacial score (nSPS) is 13.8. The number of hydrogen-bond acceptors (Lipinski definition) is 2. The molecular weight excluding hydrogens is 262 g/mol. The quantitative estimate of drug-likeness (QED) is 0.750. The molecule has 3 nitrogen and oxygen atoms in total. The van der Waals surface area contributed by atoms with Gasteiger partial charge in [0.05, 0.1) is 11.1 Å². The average Bonchev–Trinajstić information content (AvgIpc) is 2.41. The Morgan fingerprint density at radius 2 is 0.905 bits per heavy atom. The van der Waals surface area contributed by atoms with E-state index in [1.54, 1.807) is 0 Å². The number of benzene rings is 2. The summed E-state index contributed by atoms with van der Waals surface area (Å²) in [5.74, 6) is -0.554. The molecule has 0 saturated carbocycles. The van der Waals surface area contributed by atoms with Gasteiger partial charge in [0.15, 0.2) is 0 Å². The first-order valence-electron chi connectivity index (χ1n) is 7.16. The minimum Gasteiger partial charge on any atom is -0.288 e. The van der Waals surface area contributed by atoms with E-state index in [4.69, 9.17) is 0 Å². The molecule has 0 aliphatic carbocycles. The van der Waals surface area contributed by atoms with Crippen LogP contribution in [0.3, 0.4) is 0 Å². The molecule has 108 valence electrons. The summed E-state index contributed by atoms with van der Waals surface area (Å²) in [5.41, 5.74) is 7.83. The minimum absolute atomic E-state index is 0.277. The van der Waals surface area contributed by atoms with Gasteiger partial charge in [0.25, 0.3) is 11.8 Å². The molecule has 2 aromatic carbocycles. The summed E-state index contributed by atoms with van der Waals surface area (Å²) in [6.45, 7) is 12.1. The average molecular weight is 281 g/mol. The molecule has 3 rings (SSSR count). The van der Waals surface area contributed by atoms with Crippen LogP contribution < -0.4 is 5.32 Å². The van der Waals surface area contributed by atoms with E-state index < -0.39 is 0 Å². The maximum atomic E-state index is 12.3. The van der Waals surface area contributed by atoms with Crippen molar-refractivity contribution in [1.29, 1.82) is 0 Å². The van der Waals surface area contributed by atoms with Crippen LogP contribution >= 0.6 is 0 Å². The van der Waals surface area contributed by atoms with Crippen LogP contribution in [0.2, 0.25) is 0 Å². The number of carbonyl (C=O) groups is 2. The van der Waals surface area contributed by atoms with E-state index in [0.717, 1.165) is 44.2 Å². The van der Waals surface area contributed by atoms with E-state index in [2.05, 4.69) is 19.2 Å². The molecule has 0 radical (unpaired) electrons. The zero-order chi connectivity index (χ0) is 15.6. The minimum atomic E-state index is -0.277. The van der Waals surface area contributed by atoms with Crippen molar-refractivity contribution in [2.24, 2.45) is 0 Å². The van der Waals surface area contributed by atoms with E-state index in [1.807, 2.05) is 27.7 Å². The van der Waals surface area contributed by atoms with Crippen LogP contribution in [0.25, 0.3) is 10.8 Å². The van der Waals surface area contributed by atoms with Gasteiger partial charge in [-0.2, -0.15) is 0 Å². The Hall–Kier alpha value is -2.16. The SMILES string of the molecule is Cc1c(C)c2c3c(c(C)c(C)c(C)c3c1C)C(=O)NC2=O. The molecule has 0 saturated heterocycles. The molecule has 2 aromatic rings.